The van der Waals surface area contributed by atoms with Gasteiger partial charge in [0.2, 0.25) is 10.0 Å². The number of fused-ring (bicyclic) bond motifs is 1. The minimum Gasteiger partial charge on any atom is -0.480 e. The Balaban J connectivity index is 1.53. The Bertz CT molecular complexity index is 1250. The molecular formula is C22H22N4O5S. The number of sulfonamides is 1. The highest BCUT2D eigenvalue weighted by molar-refractivity contribution is 7.89. The molecule has 1 aliphatic rings. The fraction of sp³-hybridized carbons (Fsp3) is 0.227. The Labute approximate surface area is 185 Å². The molecule has 3 N–H and O–H groups in total. The third-order valence-electron chi connectivity index (χ3n) is 5.28. The Morgan fingerprint density at radius 3 is 2.66 bits per heavy atom. The summed E-state index contributed by atoms with van der Waals surface area (Å²) in [5, 5.41) is 15.9. The lowest BCUT2D eigenvalue weighted by molar-refractivity contribution is -0.137. The van der Waals surface area contributed by atoms with Gasteiger partial charge in [-0.15, -0.1) is 0 Å². The van der Waals surface area contributed by atoms with Crippen LogP contribution in [-0.4, -0.2) is 35.2 Å². The van der Waals surface area contributed by atoms with E-state index in [9.17, 15) is 18.0 Å². The predicted molar refractivity (Wildman–Crippen MR) is 117 cm³/mol. The van der Waals surface area contributed by atoms with Crippen molar-refractivity contribution in [2.24, 2.45) is 0 Å². The van der Waals surface area contributed by atoms with Gasteiger partial charge < -0.3 is 10.4 Å². The van der Waals surface area contributed by atoms with Crippen molar-refractivity contribution in [3.63, 3.8) is 0 Å². The molecular weight excluding hydrogens is 432 g/mol. The van der Waals surface area contributed by atoms with Crippen molar-refractivity contribution in [1.29, 1.82) is 0 Å². The lowest BCUT2D eigenvalue weighted by Gasteiger charge is -2.24. The van der Waals surface area contributed by atoms with E-state index in [1.807, 2.05) is 0 Å². The molecule has 0 aliphatic heterocycles. The van der Waals surface area contributed by atoms with Crippen LogP contribution in [0.2, 0.25) is 0 Å². The number of carboxylic acid groups (broad SMARTS) is 1. The quantitative estimate of drug-likeness (QED) is 0.503. The number of amides is 1. The number of carbonyl (C=O) groups excluding carboxylic acids is 1. The van der Waals surface area contributed by atoms with Crippen LogP contribution < -0.4 is 10.0 Å². The van der Waals surface area contributed by atoms with Crippen LogP contribution in [0.15, 0.2) is 65.7 Å². The molecule has 4 rings (SSSR count). The van der Waals surface area contributed by atoms with Crippen molar-refractivity contribution in [3.05, 3.63) is 77.6 Å². The van der Waals surface area contributed by atoms with Gasteiger partial charge in [-0.3, -0.25) is 14.3 Å². The van der Waals surface area contributed by atoms with Crippen molar-refractivity contribution in [3.8, 4) is 0 Å². The number of hydrogen-bond donors (Lipinski definition) is 3. The normalized spacial score (nSPS) is 15.7. The van der Waals surface area contributed by atoms with Gasteiger partial charge >= 0.3 is 5.97 Å². The molecule has 2 aromatic carbocycles. The van der Waals surface area contributed by atoms with Gasteiger partial charge in [-0.25, -0.2) is 13.1 Å². The van der Waals surface area contributed by atoms with Crippen LogP contribution in [0, 0.1) is 0 Å². The molecule has 166 valence electrons. The molecule has 3 aromatic rings. The third-order valence-corrected chi connectivity index (χ3v) is 6.75. The molecule has 0 fully saturated rings. The van der Waals surface area contributed by atoms with E-state index in [-0.39, 0.29) is 17.3 Å². The number of nitrogens with zero attached hydrogens (tertiary/aromatic N) is 2. The maximum Gasteiger partial charge on any atom is 0.325 e. The van der Waals surface area contributed by atoms with E-state index >= 15 is 0 Å². The SMILES string of the molecule is O=C(O)Cn1ncc2c1CCCC2NS(=O)(=O)c1cccc(NC(=O)c2ccccc2)c1. The van der Waals surface area contributed by atoms with E-state index in [0.29, 0.717) is 36.1 Å². The van der Waals surface area contributed by atoms with Gasteiger partial charge in [0, 0.05) is 22.5 Å². The molecule has 1 amide bonds. The summed E-state index contributed by atoms with van der Waals surface area (Å²) in [6.45, 7) is -0.266. The maximum absolute atomic E-state index is 13.1. The topological polar surface area (TPSA) is 130 Å². The number of benzene rings is 2. The third kappa shape index (κ3) is 4.71. The highest BCUT2D eigenvalue weighted by Gasteiger charge is 2.29. The molecule has 0 spiro atoms. The van der Waals surface area contributed by atoms with Crippen LogP contribution in [-0.2, 0) is 27.8 Å². The van der Waals surface area contributed by atoms with Gasteiger partial charge in [0.15, 0.2) is 0 Å². The Kier molecular flexibility index (Phi) is 6.06. The van der Waals surface area contributed by atoms with E-state index in [1.54, 1.807) is 42.5 Å². The van der Waals surface area contributed by atoms with Crippen LogP contribution in [0.5, 0.6) is 0 Å². The molecule has 1 aliphatic carbocycles. The number of hydrogen-bond acceptors (Lipinski definition) is 5. The summed E-state index contributed by atoms with van der Waals surface area (Å²) in [4.78, 5) is 23.4. The zero-order valence-electron chi connectivity index (χ0n) is 17.1. The van der Waals surface area contributed by atoms with Gasteiger partial charge in [0.1, 0.15) is 6.54 Å². The number of rotatable bonds is 7. The second-order valence-electron chi connectivity index (χ2n) is 7.51. The van der Waals surface area contributed by atoms with Crippen molar-refractivity contribution in [2.45, 2.75) is 36.7 Å². The molecule has 1 aromatic heterocycles. The molecule has 0 saturated heterocycles. The lowest BCUT2D eigenvalue weighted by Crippen LogP contribution is -2.31. The van der Waals surface area contributed by atoms with Crippen LogP contribution in [0.4, 0.5) is 5.69 Å². The first kappa shape index (κ1) is 21.7. The maximum atomic E-state index is 13.1. The van der Waals surface area contributed by atoms with Crippen molar-refractivity contribution >= 4 is 27.6 Å². The van der Waals surface area contributed by atoms with Crippen LogP contribution in [0.1, 0.15) is 40.5 Å². The molecule has 0 bridgehead atoms. The Hall–Kier alpha value is -3.50. The van der Waals surface area contributed by atoms with Gasteiger partial charge in [0.05, 0.1) is 17.1 Å². The number of nitrogens with one attached hydrogen (secondary N) is 2. The van der Waals surface area contributed by atoms with Gasteiger partial charge in [-0.1, -0.05) is 24.3 Å². The fourth-order valence-corrected chi connectivity index (χ4v) is 5.09. The van der Waals surface area contributed by atoms with Gasteiger partial charge in [0.25, 0.3) is 5.91 Å². The van der Waals surface area contributed by atoms with E-state index in [0.717, 1.165) is 5.69 Å². The average Bonchev–Trinajstić information content (AvgIpc) is 3.17. The van der Waals surface area contributed by atoms with E-state index in [4.69, 9.17) is 5.11 Å². The average molecular weight is 455 g/mol. The van der Waals surface area contributed by atoms with Crippen molar-refractivity contribution in [1.82, 2.24) is 14.5 Å². The number of aromatic nitrogens is 2. The van der Waals surface area contributed by atoms with E-state index in [2.05, 4.69) is 15.1 Å². The molecule has 1 heterocycles. The van der Waals surface area contributed by atoms with E-state index < -0.39 is 22.0 Å². The summed E-state index contributed by atoms with van der Waals surface area (Å²) in [7, 11) is -3.89. The minimum atomic E-state index is -3.89. The van der Waals surface area contributed by atoms with E-state index in [1.165, 1.54) is 23.0 Å². The highest BCUT2D eigenvalue weighted by Crippen LogP contribution is 2.31. The molecule has 1 atom stereocenters. The standard InChI is InChI=1S/C22H22N4O5S/c27-21(28)14-26-20-11-5-10-19(18(20)13-23-26)25-32(30,31)17-9-4-8-16(12-17)24-22(29)15-6-2-1-3-7-15/h1-4,6-9,12-13,19,25H,5,10-11,14H2,(H,24,29)(H,27,28). The summed E-state index contributed by atoms with van der Waals surface area (Å²) in [6.07, 6.45) is 3.46. The Morgan fingerprint density at radius 1 is 1.12 bits per heavy atom. The molecule has 9 nitrogen and oxygen atoms in total. The molecule has 10 heteroatoms. The van der Waals surface area contributed by atoms with Gasteiger partial charge in [-0.05, 0) is 49.6 Å². The van der Waals surface area contributed by atoms with Crippen LogP contribution in [0.3, 0.4) is 0 Å². The first-order valence-electron chi connectivity index (χ1n) is 10.1. The monoisotopic (exact) mass is 454 g/mol. The number of carbonyl (C=O) groups is 2. The molecule has 32 heavy (non-hydrogen) atoms. The zero-order chi connectivity index (χ0) is 22.7. The lowest BCUT2D eigenvalue weighted by atomic mass is 9.94. The second kappa shape index (κ2) is 8.93. The largest absolute Gasteiger partial charge is 0.480 e. The summed E-state index contributed by atoms with van der Waals surface area (Å²) in [5.74, 6) is -1.34. The van der Waals surface area contributed by atoms with Crippen molar-refractivity contribution in [2.75, 3.05) is 5.32 Å². The Morgan fingerprint density at radius 2 is 1.91 bits per heavy atom. The first-order chi connectivity index (χ1) is 15.3. The highest BCUT2D eigenvalue weighted by atomic mass is 32.2. The van der Waals surface area contributed by atoms with Gasteiger partial charge in [-0.2, -0.15) is 5.10 Å². The van der Waals surface area contributed by atoms with Crippen LogP contribution >= 0.6 is 0 Å². The zero-order valence-corrected chi connectivity index (χ0v) is 17.9. The van der Waals surface area contributed by atoms with Crippen LogP contribution in [0.25, 0.3) is 0 Å². The first-order valence-corrected chi connectivity index (χ1v) is 11.6. The number of carboxylic acids is 1. The summed E-state index contributed by atoms with van der Waals surface area (Å²) < 4.78 is 30.2. The number of aliphatic carboxylic acids is 1. The minimum absolute atomic E-state index is 0.0217. The summed E-state index contributed by atoms with van der Waals surface area (Å²) in [6, 6.07) is 14.2. The summed E-state index contributed by atoms with van der Waals surface area (Å²) >= 11 is 0. The summed E-state index contributed by atoms with van der Waals surface area (Å²) in [5.41, 5.74) is 2.25. The fourth-order valence-electron chi connectivity index (χ4n) is 3.79. The van der Waals surface area contributed by atoms with Crippen molar-refractivity contribution < 1.29 is 23.1 Å². The number of anilines is 1. The predicted octanol–water partition coefficient (Wildman–Crippen LogP) is 2.58. The molecule has 1 unspecified atom stereocenters. The molecule has 0 saturated carbocycles. The second-order valence-corrected chi connectivity index (χ2v) is 9.23. The molecule has 0 radical (unpaired) electrons. The smallest absolute Gasteiger partial charge is 0.325 e.